The third-order valence-electron chi connectivity index (χ3n) is 13.5. The van der Waals surface area contributed by atoms with Crippen LogP contribution in [0.1, 0.15) is 118 Å². The van der Waals surface area contributed by atoms with E-state index >= 15 is 0 Å². The Labute approximate surface area is 385 Å². The molecule has 3 rings (SSSR count). The molecule has 364 valence electrons. The Morgan fingerprint density at radius 3 is 2.12 bits per heavy atom. The molecule has 0 radical (unpaired) electrons. The first-order chi connectivity index (χ1) is 30.5. The number of rotatable bonds is 27. The van der Waals surface area contributed by atoms with Crippen LogP contribution < -0.4 is 16.4 Å². The van der Waals surface area contributed by atoms with Crippen LogP contribution in [0.25, 0.3) is 0 Å². The van der Waals surface area contributed by atoms with Crippen molar-refractivity contribution < 1.29 is 38.3 Å². The number of nitrogens with two attached hydrogens (primary N) is 1. The molecule has 9 unspecified atom stereocenters. The van der Waals surface area contributed by atoms with Gasteiger partial charge in [-0.1, -0.05) is 98.1 Å². The first-order valence-corrected chi connectivity index (χ1v) is 24.1. The lowest BCUT2D eigenvalue weighted by Crippen LogP contribution is -2.60. The van der Waals surface area contributed by atoms with Crippen LogP contribution in [0.5, 0.6) is 0 Å². The highest BCUT2D eigenvalue weighted by Gasteiger charge is 2.44. The van der Waals surface area contributed by atoms with Crippen LogP contribution in [0, 0.1) is 23.7 Å². The second-order valence-corrected chi connectivity index (χ2v) is 18.9. The lowest BCUT2D eigenvalue weighted by Gasteiger charge is -2.41. The van der Waals surface area contributed by atoms with Crippen molar-refractivity contribution in [3.63, 3.8) is 0 Å². The molecule has 4 N–H and O–H groups in total. The fourth-order valence-corrected chi connectivity index (χ4v) is 9.59. The number of likely N-dealkylation sites (tertiary alicyclic amines) is 1. The molecule has 0 spiro atoms. The molecule has 2 fully saturated rings. The van der Waals surface area contributed by atoms with Crippen molar-refractivity contribution in [1.82, 2.24) is 30.4 Å². The topological polar surface area (TPSA) is 176 Å². The van der Waals surface area contributed by atoms with Crippen LogP contribution in [0.3, 0.4) is 0 Å². The van der Waals surface area contributed by atoms with Crippen LogP contribution in [0.2, 0.25) is 0 Å². The zero-order valence-electron chi connectivity index (χ0n) is 41.2. The molecular formula is C49H85N7O8. The van der Waals surface area contributed by atoms with Gasteiger partial charge >= 0.3 is 0 Å². The molecule has 1 aromatic carbocycles. The average molecular weight is 900 g/mol. The predicted molar refractivity (Wildman–Crippen MR) is 251 cm³/mol. The quantitative estimate of drug-likeness (QED) is 0.104. The van der Waals surface area contributed by atoms with Crippen LogP contribution >= 0.6 is 0 Å². The Balaban J connectivity index is 1.78. The Hall–Kier alpha value is -3.63. The van der Waals surface area contributed by atoms with Gasteiger partial charge in [0.2, 0.25) is 23.6 Å². The second kappa shape index (κ2) is 27.8. The monoisotopic (exact) mass is 900 g/mol. The first kappa shape index (κ1) is 54.7. The number of unbranched alkanes of at least 4 members (excludes halogenated alkanes) is 3. The summed E-state index contributed by atoms with van der Waals surface area (Å²) in [5.41, 5.74) is 6.58. The number of nitrogens with zero attached hydrogens (tertiary/aromatic N) is 4. The van der Waals surface area contributed by atoms with Gasteiger partial charge in [0.1, 0.15) is 12.1 Å². The van der Waals surface area contributed by atoms with Gasteiger partial charge in [-0.3, -0.25) is 33.7 Å². The minimum atomic E-state index is -0.850. The number of carbonyl (C=O) groups excluding carboxylic acids is 5. The highest BCUT2D eigenvalue weighted by Crippen LogP contribution is 2.30. The summed E-state index contributed by atoms with van der Waals surface area (Å²) in [5.74, 6) is -2.13. The Morgan fingerprint density at radius 2 is 1.55 bits per heavy atom. The third kappa shape index (κ3) is 15.5. The SMILES string of the molecule is CCC(C)C(C(CC(=O)N1CCCC1C(OC)C(C)C(=O)NC(Cc1ccccc1)C(=O)N1CCCCO1)OC)N(C)C(=O)C(NC(=O)C(C(C)C)N(C)CCCCCCN)C(C)C. The van der Waals surface area contributed by atoms with E-state index in [2.05, 4.69) is 29.4 Å². The molecule has 0 aromatic heterocycles. The number of hydrogen-bond acceptors (Lipinski definition) is 10. The fraction of sp³-hybridized carbons (Fsp3) is 0.776. The smallest absolute Gasteiger partial charge is 0.269 e. The van der Waals surface area contributed by atoms with Gasteiger partial charge in [0.15, 0.2) is 0 Å². The molecule has 9 atom stereocenters. The number of hydrogen-bond donors (Lipinski definition) is 3. The van der Waals surface area contributed by atoms with Gasteiger partial charge in [0.25, 0.3) is 5.91 Å². The summed E-state index contributed by atoms with van der Waals surface area (Å²) in [4.78, 5) is 82.1. The Bertz CT molecular complexity index is 1580. The molecular weight excluding hydrogens is 815 g/mol. The first-order valence-electron chi connectivity index (χ1n) is 24.1. The molecule has 15 heteroatoms. The third-order valence-corrected chi connectivity index (χ3v) is 13.5. The van der Waals surface area contributed by atoms with Gasteiger partial charge in [-0.15, -0.1) is 0 Å². The Kier molecular flexibility index (Phi) is 23.7. The minimum Gasteiger partial charge on any atom is -0.379 e. The summed E-state index contributed by atoms with van der Waals surface area (Å²) >= 11 is 0. The highest BCUT2D eigenvalue weighted by molar-refractivity contribution is 5.90. The zero-order chi connectivity index (χ0) is 47.5. The number of nitrogens with one attached hydrogen (secondary N) is 2. The lowest BCUT2D eigenvalue weighted by molar-refractivity contribution is -0.199. The predicted octanol–water partition coefficient (Wildman–Crippen LogP) is 4.80. The van der Waals surface area contributed by atoms with Crippen LogP contribution in [-0.4, -0.2) is 153 Å². The van der Waals surface area contributed by atoms with Crippen LogP contribution in [0.15, 0.2) is 30.3 Å². The van der Waals surface area contributed by atoms with E-state index in [-0.39, 0.29) is 53.7 Å². The molecule has 2 aliphatic heterocycles. The molecule has 64 heavy (non-hydrogen) atoms. The van der Waals surface area contributed by atoms with Crippen LogP contribution in [-0.2, 0) is 44.7 Å². The average Bonchev–Trinajstić information content (AvgIpc) is 3.77. The number of benzene rings is 1. The van der Waals surface area contributed by atoms with E-state index < -0.39 is 48.3 Å². The van der Waals surface area contributed by atoms with Crippen molar-refractivity contribution in [2.24, 2.45) is 29.4 Å². The summed E-state index contributed by atoms with van der Waals surface area (Å²) in [6.07, 6.45) is 6.83. The molecule has 15 nitrogen and oxygen atoms in total. The van der Waals surface area contributed by atoms with Gasteiger partial charge in [-0.2, -0.15) is 0 Å². The summed E-state index contributed by atoms with van der Waals surface area (Å²) in [7, 11) is 6.84. The van der Waals surface area contributed by atoms with Crippen molar-refractivity contribution in [3.8, 4) is 0 Å². The molecule has 0 bridgehead atoms. The van der Waals surface area contributed by atoms with E-state index in [1.54, 1.807) is 38.0 Å². The maximum absolute atomic E-state index is 14.6. The molecule has 2 aliphatic rings. The van der Waals surface area contributed by atoms with E-state index in [0.717, 1.165) is 63.5 Å². The molecule has 1 aromatic rings. The maximum Gasteiger partial charge on any atom is 0.269 e. The summed E-state index contributed by atoms with van der Waals surface area (Å²) in [6.45, 7) is 16.6. The minimum absolute atomic E-state index is 0.00429. The lowest BCUT2D eigenvalue weighted by atomic mass is 9.89. The standard InChI is InChI=1S/C49H85N7O8/c1-12-35(6)44(54(9)49(61)42(33(2)3)52-47(59)43(34(4)5)53(8)27-19-14-13-18-26-50)40(62-10)32-41(57)55-28-22-25-39(55)45(63-11)36(7)46(58)51-38(31-37-23-16-15-17-24-37)48(60)56-29-20-21-30-64-56/h15-17,23-24,33-36,38-40,42-45H,12-14,18-22,25-32,50H2,1-11H3,(H,51,58)(H,52,59). The van der Waals surface area contributed by atoms with Crippen LogP contribution in [0.4, 0.5) is 0 Å². The van der Waals surface area contributed by atoms with Crippen molar-refractivity contribution in [1.29, 1.82) is 0 Å². The summed E-state index contributed by atoms with van der Waals surface area (Å²) < 4.78 is 12.1. The van der Waals surface area contributed by atoms with E-state index in [1.807, 2.05) is 65.1 Å². The molecule has 2 heterocycles. The van der Waals surface area contributed by atoms with Gasteiger partial charge in [0.05, 0.1) is 49.3 Å². The van der Waals surface area contributed by atoms with E-state index in [0.29, 0.717) is 39.1 Å². The molecule has 5 amide bonds. The fourth-order valence-electron chi connectivity index (χ4n) is 9.59. The summed E-state index contributed by atoms with van der Waals surface area (Å²) in [5, 5.41) is 7.52. The van der Waals surface area contributed by atoms with Crippen molar-refractivity contribution in [2.45, 2.75) is 162 Å². The summed E-state index contributed by atoms with van der Waals surface area (Å²) in [6, 6.07) is 6.65. The number of amides is 5. The molecule has 0 saturated carbocycles. The van der Waals surface area contributed by atoms with Gasteiger partial charge in [-0.25, -0.2) is 5.06 Å². The van der Waals surface area contributed by atoms with Crippen molar-refractivity contribution in [3.05, 3.63) is 35.9 Å². The zero-order valence-corrected chi connectivity index (χ0v) is 41.2. The second-order valence-electron chi connectivity index (χ2n) is 18.9. The number of methoxy groups -OCH3 is 2. The maximum atomic E-state index is 14.6. The highest BCUT2D eigenvalue weighted by atomic mass is 16.7. The largest absolute Gasteiger partial charge is 0.379 e. The number of carbonyl (C=O) groups is 5. The van der Waals surface area contributed by atoms with Crippen molar-refractivity contribution >= 4 is 29.5 Å². The van der Waals surface area contributed by atoms with Gasteiger partial charge in [-0.05, 0) is 82.0 Å². The number of ether oxygens (including phenoxy) is 2. The van der Waals surface area contributed by atoms with Gasteiger partial charge < -0.3 is 35.6 Å². The number of likely N-dealkylation sites (N-methyl/N-ethyl adjacent to an activating group) is 2. The van der Waals surface area contributed by atoms with E-state index in [1.165, 1.54) is 5.06 Å². The van der Waals surface area contributed by atoms with E-state index in [4.69, 9.17) is 20.0 Å². The number of hydroxylamine groups is 2. The molecule has 2 saturated heterocycles. The molecule has 0 aliphatic carbocycles. The normalized spacial score (nSPS) is 19.5. The van der Waals surface area contributed by atoms with E-state index in [9.17, 15) is 24.0 Å². The van der Waals surface area contributed by atoms with Crippen molar-refractivity contribution in [2.75, 3.05) is 61.1 Å². The Morgan fingerprint density at radius 1 is 0.859 bits per heavy atom. The van der Waals surface area contributed by atoms with Gasteiger partial charge in [0, 0.05) is 40.8 Å².